The van der Waals surface area contributed by atoms with Gasteiger partial charge in [-0.3, -0.25) is 19.6 Å². The Morgan fingerprint density at radius 3 is 2.93 bits per heavy atom. The molecule has 4 aliphatic rings. The third kappa shape index (κ3) is 6.37. The summed E-state index contributed by atoms with van der Waals surface area (Å²) in [6, 6.07) is 0.184. The molecular weight excluding hydrogens is 556 g/mol. The summed E-state index contributed by atoms with van der Waals surface area (Å²) in [7, 11) is 0. The third-order valence-electron chi connectivity index (χ3n) is 8.86. The van der Waals surface area contributed by atoms with Gasteiger partial charge in [0.05, 0.1) is 41.4 Å². The highest BCUT2D eigenvalue weighted by atomic mass is 32.1. The lowest BCUT2D eigenvalue weighted by molar-refractivity contribution is -0.119. The molecule has 0 spiro atoms. The van der Waals surface area contributed by atoms with Gasteiger partial charge in [0.15, 0.2) is 0 Å². The van der Waals surface area contributed by atoms with Crippen LogP contribution in [0.15, 0.2) is 88.7 Å². The molecule has 0 saturated heterocycles. The van der Waals surface area contributed by atoms with Crippen LogP contribution in [0.2, 0.25) is 0 Å². The molecule has 222 valence electrons. The Morgan fingerprint density at radius 2 is 2.12 bits per heavy atom. The summed E-state index contributed by atoms with van der Waals surface area (Å²) in [5.74, 6) is 0.276. The summed E-state index contributed by atoms with van der Waals surface area (Å²) >= 11 is 4.92. The predicted molar refractivity (Wildman–Crippen MR) is 174 cm³/mol. The monoisotopic (exact) mass is 594 g/mol. The van der Waals surface area contributed by atoms with E-state index in [1.54, 1.807) is 23.0 Å². The van der Waals surface area contributed by atoms with Crippen LogP contribution in [0.5, 0.6) is 0 Å². The minimum atomic E-state index is -0.322. The van der Waals surface area contributed by atoms with E-state index < -0.39 is 0 Å². The zero-order valence-corrected chi connectivity index (χ0v) is 25.7. The van der Waals surface area contributed by atoms with Crippen molar-refractivity contribution >= 4 is 41.7 Å². The maximum atomic E-state index is 13.5. The van der Waals surface area contributed by atoms with Crippen molar-refractivity contribution in [3.8, 4) is 0 Å². The minimum absolute atomic E-state index is 0.0988. The molecule has 9 heteroatoms. The van der Waals surface area contributed by atoms with Crippen molar-refractivity contribution in [2.75, 3.05) is 0 Å². The van der Waals surface area contributed by atoms with Crippen molar-refractivity contribution in [3.63, 3.8) is 0 Å². The van der Waals surface area contributed by atoms with Crippen LogP contribution in [0.1, 0.15) is 81.3 Å². The van der Waals surface area contributed by atoms with E-state index >= 15 is 0 Å². The lowest BCUT2D eigenvalue weighted by Gasteiger charge is -2.30. The van der Waals surface area contributed by atoms with Crippen molar-refractivity contribution in [1.29, 1.82) is 0 Å². The van der Waals surface area contributed by atoms with Crippen LogP contribution < -0.4 is 10.6 Å². The van der Waals surface area contributed by atoms with E-state index in [0.717, 1.165) is 54.5 Å². The largest absolute Gasteiger partial charge is 0.326 e. The van der Waals surface area contributed by atoms with Crippen LogP contribution in [0.4, 0.5) is 0 Å². The Hall–Kier alpha value is -3.98. The molecule has 0 aromatic carbocycles. The van der Waals surface area contributed by atoms with Crippen molar-refractivity contribution in [2.24, 2.45) is 10.9 Å². The summed E-state index contributed by atoms with van der Waals surface area (Å²) in [4.78, 5) is 35.5. The molecule has 3 heterocycles. The summed E-state index contributed by atoms with van der Waals surface area (Å²) < 4.78 is 1.77. The number of allylic oxidation sites excluding steroid dienone is 7. The van der Waals surface area contributed by atoms with Gasteiger partial charge in [0.2, 0.25) is 5.91 Å². The number of fused-ring (bicyclic) bond motifs is 3. The van der Waals surface area contributed by atoms with E-state index in [4.69, 9.17) is 12.6 Å². The summed E-state index contributed by atoms with van der Waals surface area (Å²) in [5.41, 5.74) is 6.74. The molecule has 2 fully saturated rings. The molecule has 2 bridgehead atoms. The van der Waals surface area contributed by atoms with Crippen LogP contribution in [-0.2, 0) is 4.79 Å². The van der Waals surface area contributed by atoms with Crippen LogP contribution in [-0.4, -0.2) is 43.4 Å². The first-order valence-corrected chi connectivity index (χ1v) is 15.5. The average molecular weight is 595 g/mol. The fraction of sp³-hybridized carbons (Fsp3) is 0.382. The van der Waals surface area contributed by atoms with Crippen LogP contribution in [0.25, 0.3) is 11.1 Å². The van der Waals surface area contributed by atoms with Crippen molar-refractivity contribution in [3.05, 3.63) is 94.9 Å². The molecule has 8 nitrogen and oxygen atoms in total. The lowest BCUT2D eigenvalue weighted by atomic mass is 9.84. The average Bonchev–Trinajstić information content (AvgIpc) is 3.68. The van der Waals surface area contributed by atoms with Gasteiger partial charge in [-0.25, -0.2) is 4.52 Å². The lowest BCUT2D eigenvalue weighted by Crippen LogP contribution is -2.25. The van der Waals surface area contributed by atoms with Crippen molar-refractivity contribution < 1.29 is 9.59 Å². The Labute approximate surface area is 257 Å². The van der Waals surface area contributed by atoms with E-state index in [2.05, 4.69) is 51.4 Å². The summed E-state index contributed by atoms with van der Waals surface area (Å²) in [6.07, 6.45) is 24.5. The number of hydrogen-bond donors (Lipinski definition) is 3. The van der Waals surface area contributed by atoms with Gasteiger partial charge < -0.3 is 10.6 Å². The molecule has 3 atom stereocenters. The summed E-state index contributed by atoms with van der Waals surface area (Å²) in [6.45, 7) is 8.16. The number of hydrogen-bond acceptors (Lipinski definition) is 6. The molecule has 1 aliphatic heterocycles. The van der Waals surface area contributed by atoms with Crippen LogP contribution >= 0.6 is 12.6 Å². The minimum Gasteiger partial charge on any atom is -0.326 e. The highest BCUT2D eigenvalue weighted by Crippen LogP contribution is 2.50. The molecule has 2 amide bonds. The molecule has 2 saturated carbocycles. The first kappa shape index (κ1) is 29.1. The van der Waals surface area contributed by atoms with Crippen LogP contribution in [0.3, 0.4) is 0 Å². The van der Waals surface area contributed by atoms with Crippen molar-refractivity contribution in [2.45, 2.75) is 76.0 Å². The Kier molecular flexibility index (Phi) is 8.09. The van der Waals surface area contributed by atoms with Crippen LogP contribution in [0, 0.1) is 5.92 Å². The van der Waals surface area contributed by atoms with Crippen molar-refractivity contribution in [1.82, 2.24) is 25.2 Å². The number of carbonyl (C=O) groups is 2. The SMILES string of the molecule is C=C1C=CC(NC(=O)C/C=C2\C[C@@H]3CCC(S)(C2)C3)=CC(NC(=O)c2cnn3cc(C4=CC(CCC)N=C4)ncc23)=C1C. The number of rotatable bonds is 8. The number of thiol groups is 1. The smallest absolute Gasteiger partial charge is 0.259 e. The molecule has 6 rings (SSSR count). The molecule has 2 aromatic heterocycles. The second-order valence-corrected chi connectivity index (χ2v) is 13.1. The maximum Gasteiger partial charge on any atom is 0.259 e. The van der Waals surface area contributed by atoms with E-state index in [9.17, 15) is 9.59 Å². The number of carbonyl (C=O) groups excluding carboxylic acids is 2. The Morgan fingerprint density at radius 1 is 1.26 bits per heavy atom. The maximum absolute atomic E-state index is 13.5. The fourth-order valence-corrected chi connectivity index (χ4v) is 7.09. The standard InChI is InChI=1S/C34H38N6O2S/c1-4-5-26-13-25(17-35-26)30-20-40-31(19-36-30)28(18-37-40)33(42)39-29-14-27(8-6-21(2)22(29)3)38-32(41)9-7-23-12-24-10-11-34(43,15-23)16-24/h6-8,13-14,17-20,24,26,43H,2,4-5,9-12,15-16H2,1,3H3,(H,38,41)(H,39,42)/b23-7+/t24-,26?,34?/m0/s1. The van der Waals surface area contributed by atoms with E-state index in [1.165, 1.54) is 18.4 Å². The van der Waals surface area contributed by atoms with Gasteiger partial charge in [-0.05, 0) is 80.7 Å². The zero-order chi connectivity index (χ0) is 30.1. The molecule has 3 aliphatic carbocycles. The fourth-order valence-electron chi connectivity index (χ4n) is 6.50. The van der Waals surface area contributed by atoms with Gasteiger partial charge in [0.1, 0.15) is 0 Å². The van der Waals surface area contributed by atoms with E-state index in [1.807, 2.05) is 31.5 Å². The quantitative estimate of drug-likeness (QED) is 0.255. The highest BCUT2D eigenvalue weighted by Gasteiger charge is 2.40. The first-order valence-electron chi connectivity index (χ1n) is 15.1. The topological polar surface area (TPSA) is 101 Å². The van der Waals surface area contributed by atoms with Gasteiger partial charge in [-0.1, -0.05) is 37.6 Å². The predicted octanol–water partition coefficient (Wildman–Crippen LogP) is 6.07. The van der Waals surface area contributed by atoms with Gasteiger partial charge in [-0.15, -0.1) is 0 Å². The second kappa shape index (κ2) is 12.0. The number of aromatic nitrogens is 3. The Balaban J connectivity index is 1.14. The first-order chi connectivity index (χ1) is 20.7. The molecule has 2 N–H and O–H groups in total. The third-order valence-corrected chi connectivity index (χ3v) is 9.42. The van der Waals surface area contributed by atoms with Gasteiger partial charge in [-0.2, -0.15) is 17.7 Å². The Bertz CT molecular complexity index is 1690. The number of amides is 2. The molecule has 2 unspecified atom stereocenters. The second-order valence-electron chi connectivity index (χ2n) is 12.2. The zero-order valence-electron chi connectivity index (χ0n) is 24.8. The molecule has 43 heavy (non-hydrogen) atoms. The highest BCUT2D eigenvalue weighted by molar-refractivity contribution is 7.81. The number of aliphatic imine (C=N–C) groups is 1. The summed E-state index contributed by atoms with van der Waals surface area (Å²) in [5, 5.41) is 10.4. The van der Waals surface area contributed by atoms with E-state index in [-0.39, 0.29) is 22.6 Å². The van der Waals surface area contributed by atoms with Gasteiger partial charge in [0, 0.05) is 34.3 Å². The normalized spacial score (nSPS) is 25.7. The van der Waals surface area contributed by atoms with Gasteiger partial charge >= 0.3 is 0 Å². The van der Waals surface area contributed by atoms with E-state index in [0.29, 0.717) is 34.8 Å². The number of nitrogens with one attached hydrogen (secondary N) is 2. The molecule has 2 aromatic rings. The van der Waals surface area contributed by atoms with Gasteiger partial charge in [0.25, 0.3) is 5.91 Å². The molecular formula is C34H38N6O2S. The molecule has 0 radical (unpaired) electrons. The number of nitrogens with zero attached hydrogens (tertiary/aromatic N) is 4.